The summed E-state index contributed by atoms with van der Waals surface area (Å²) in [5.74, 6) is -2.02. The fraction of sp³-hybridized carbons (Fsp3) is 0.583. The van der Waals surface area contributed by atoms with Crippen molar-refractivity contribution in [2.75, 3.05) is 39.4 Å². The molecule has 110 valence electrons. The standard InChI is InChI=1S/C12H17N3O5/c16-11(9-8-10(12(17)18)20-14-9)13-2-1-3-15-4-6-19-7-5-15/h8H,1-7H2,(H,13,16)(H,17,18). The quantitative estimate of drug-likeness (QED) is 0.698. The number of carboxylic acids is 1. The van der Waals surface area contributed by atoms with E-state index in [1.165, 1.54) is 0 Å². The molecule has 1 aliphatic heterocycles. The maximum atomic E-state index is 11.7. The largest absolute Gasteiger partial charge is 0.475 e. The maximum Gasteiger partial charge on any atom is 0.374 e. The Labute approximate surface area is 115 Å². The predicted octanol–water partition coefficient (Wildman–Crippen LogP) is -0.175. The minimum atomic E-state index is -1.25. The van der Waals surface area contributed by atoms with Crippen molar-refractivity contribution < 1.29 is 24.0 Å². The van der Waals surface area contributed by atoms with Crippen molar-refractivity contribution in [1.29, 1.82) is 0 Å². The number of nitrogens with one attached hydrogen (secondary N) is 1. The molecule has 2 rings (SSSR count). The van der Waals surface area contributed by atoms with E-state index in [4.69, 9.17) is 9.84 Å². The molecule has 1 aromatic heterocycles. The van der Waals surface area contributed by atoms with Crippen LogP contribution in [0.4, 0.5) is 0 Å². The van der Waals surface area contributed by atoms with Gasteiger partial charge in [-0.3, -0.25) is 9.69 Å². The highest BCUT2D eigenvalue weighted by atomic mass is 16.5. The molecule has 2 N–H and O–H groups in total. The van der Waals surface area contributed by atoms with Gasteiger partial charge in [0.25, 0.3) is 5.91 Å². The molecule has 2 heterocycles. The summed E-state index contributed by atoms with van der Waals surface area (Å²) in [6, 6.07) is 1.11. The van der Waals surface area contributed by atoms with Crippen LogP contribution in [0.3, 0.4) is 0 Å². The first-order valence-corrected chi connectivity index (χ1v) is 6.45. The van der Waals surface area contributed by atoms with Crippen LogP contribution in [-0.4, -0.2) is 66.4 Å². The lowest BCUT2D eigenvalue weighted by molar-refractivity contribution is 0.0374. The van der Waals surface area contributed by atoms with E-state index in [-0.39, 0.29) is 11.5 Å². The van der Waals surface area contributed by atoms with E-state index in [0.717, 1.165) is 45.3 Å². The van der Waals surface area contributed by atoms with Crippen molar-refractivity contribution in [2.45, 2.75) is 6.42 Å². The number of carbonyl (C=O) groups excluding carboxylic acids is 1. The number of morpholine rings is 1. The molecular weight excluding hydrogens is 266 g/mol. The van der Waals surface area contributed by atoms with Gasteiger partial charge in [-0.25, -0.2) is 4.79 Å². The second-order valence-electron chi connectivity index (χ2n) is 4.45. The normalized spacial score (nSPS) is 16.0. The summed E-state index contributed by atoms with van der Waals surface area (Å²) in [6.45, 7) is 4.74. The van der Waals surface area contributed by atoms with Crippen molar-refractivity contribution in [3.63, 3.8) is 0 Å². The molecule has 1 aromatic rings. The molecule has 0 spiro atoms. The summed E-state index contributed by atoms with van der Waals surface area (Å²) in [4.78, 5) is 24.5. The average Bonchev–Trinajstić information content (AvgIpc) is 2.94. The van der Waals surface area contributed by atoms with Crippen molar-refractivity contribution in [3.8, 4) is 0 Å². The fourth-order valence-electron chi connectivity index (χ4n) is 1.90. The molecule has 1 saturated heterocycles. The van der Waals surface area contributed by atoms with Crippen LogP contribution in [0.5, 0.6) is 0 Å². The Kier molecular flexibility index (Phi) is 5.08. The molecule has 1 aliphatic rings. The molecule has 0 aromatic carbocycles. The number of rotatable bonds is 6. The first-order chi connectivity index (χ1) is 9.66. The van der Waals surface area contributed by atoms with Crippen molar-refractivity contribution >= 4 is 11.9 Å². The van der Waals surface area contributed by atoms with E-state index in [9.17, 15) is 9.59 Å². The minimum Gasteiger partial charge on any atom is -0.475 e. The number of aromatic carboxylic acids is 1. The van der Waals surface area contributed by atoms with Gasteiger partial charge in [-0.1, -0.05) is 5.16 Å². The number of ether oxygens (including phenoxy) is 1. The van der Waals surface area contributed by atoms with Gasteiger partial charge in [0.15, 0.2) is 5.69 Å². The van der Waals surface area contributed by atoms with Gasteiger partial charge in [0.2, 0.25) is 5.76 Å². The third-order valence-electron chi connectivity index (χ3n) is 2.99. The summed E-state index contributed by atoms with van der Waals surface area (Å²) < 4.78 is 9.76. The van der Waals surface area contributed by atoms with E-state index in [2.05, 4.69) is 19.9 Å². The van der Waals surface area contributed by atoms with Crippen LogP contribution in [0.1, 0.15) is 27.5 Å². The summed E-state index contributed by atoms with van der Waals surface area (Å²) >= 11 is 0. The molecule has 0 bridgehead atoms. The SMILES string of the molecule is O=C(NCCCN1CCOCC1)c1cc(C(=O)O)on1. The average molecular weight is 283 g/mol. The van der Waals surface area contributed by atoms with E-state index in [1.54, 1.807) is 0 Å². The highest BCUT2D eigenvalue weighted by Crippen LogP contribution is 2.03. The molecule has 1 amide bonds. The van der Waals surface area contributed by atoms with Crippen LogP contribution in [0.15, 0.2) is 10.6 Å². The smallest absolute Gasteiger partial charge is 0.374 e. The fourth-order valence-corrected chi connectivity index (χ4v) is 1.90. The highest BCUT2D eigenvalue weighted by molar-refractivity contribution is 5.94. The topological polar surface area (TPSA) is 105 Å². The predicted molar refractivity (Wildman–Crippen MR) is 67.7 cm³/mol. The number of hydrogen-bond acceptors (Lipinski definition) is 6. The monoisotopic (exact) mass is 283 g/mol. The van der Waals surface area contributed by atoms with Gasteiger partial charge in [0.05, 0.1) is 13.2 Å². The molecule has 0 radical (unpaired) electrons. The first-order valence-electron chi connectivity index (χ1n) is 6.45. The molecular formula is C12H17N3O5. The Morgan fingerprint density at radius 3 is 2.80 bits per heavy atom. The Balaban J connectivity index is 1.67. The van der Waals surface area contributed by atoms with Crippen LogP contribution in [0.2, 0.25) is 0 Å². The second kappa shape index (κ2) is 7.01. The van der Waals surface area contributed by atoms with Gasteiger partial charge in [0, 0.05) is 25.7 Å². The van der Waals surface area contributed by atoms with Crippen molar-refractivity contribution in [3.05, 3.63) is 17.5 Å². The number of carboxylic acid groups (broad SMARTS) is 1. The van der Waals surface area contributed by atoms with E-state index in [0.29, 0.717) is 6.54 Å². The van der Waals surface area contributed by atoms with Crippen LogP contribution in [-0.2, 0) is 4.74 Å². The lowest BCUT2D eigenvalue weighted by Gasteiger charge is -2.26. The second-order valence-corrected chi connectivity index (χ2v) is 4.45. The van der Waals surface area contributed by atoms with Crippen LogP contribution < -0.4 is 5.32 Å². The van der Waals surface area contributed by atoms with Gasteiger partial charge in [-0.05, 0) is 13.0 Å². The Morgan fingerprint density at radius 2 is 2.15 bits per heavy atom. The number of hydrogen-bond donors (Lipinski definition) is 2. The molecule has 8 heteroatoms. The van der Waals surface area contributed by atoms with Gasteiger partial charge in [0.1, 0.15) is 0 Å². The number of amides is 1. The Bertz CT molecular complexity index is 467. The zero-order valence-electron chi connectivity index (χ0n) is 11.0. The maximum absolute atomic E-state index is 11.7. The molecule has 0 aliphatic carbocycles. The summed E-state index contributed by atoms with van der Waals surface area (Å²) in [5.41, 5.74) is -0.0197. The van der Waals surface area contributed by atoms with E-state index >= 15 is 0 Å². The zero-order valence-corrected chi connectivity index (χ0v) is 11.0. The molecule has 0 saturated carbocycles. The summed E-state index contributed by atoms with van der Waals surface area (Å²) in [7, 11) is 0. The molecule has 8 nitrogen and oxygen atoms in total. The number of nitrogens with zero attached hydrogens (tertiary/aromatic N) is 2. The van der Waals surface area contributed by atoms with Gasteiger partial charge in [-0.2, -0.15) is 0 Å². The van der Waals surface area contributed by atoms with Gasteiger partial charge < -0.3 is 19.7 Å². The highest BCUT2D eigenvalue weighted by Gasteiger charge is 2.16. The van der Waals surface area contributed by atoms with Crippen LogP contribution >= 0.6 is 0 Å². The molecule has 0 atom stereocenters. The summed E-state index contributed by atoms with van der Waals surface area (Å²) in [5, 5.41) is 14.7. The van der Waals surface area contributed by atoms with Crippen molar-refractivity contribution in [2.24, 2.45) is 0 Å². The molecule has 1 fully saturated rings. The van der Waals surface area contributed by atoms with E-state index in [1.807, 2.05) is 0 Å². The number of aromatic nitrogens is 1. The Morgan fingerprint density at radius 1 is 1.40 bits per heavy atom. The lowest BCUT2D eigenvalue weighted by atomic mass is 10.3. The third-order valence-corrected chi connectivity index (χ3v) is 2.99. The molecule has 20 heavy (non-hydrogen) atoms. The molecule has 0 unspecified atom stereocenters. The first kappa shape index (κ1) is 14.5. The lowest BCUT2D eigenvalue weighted by Crippen LogP contribution is -2.38. The van der Waals surface area contributed by atoms with Gasteiger partial charge >= 0.3 is 5.97 Å². The summed E-state index contributed by atoms with van der Waals surface area (Å²) in [6.07, 6.45) is 0.815. The third kappa shape index (κ3) is 4.04. The van der Waals surface area contributed by atoms with Crippen LogP contribution in [0.25, 0.3) is 0 Å². The Hall–Kier alpha value is -1.93. The van der Waals surface area contributed by atoms with E-state index < -0.39 is 11.9 Å². The minimum absolute atomic E-state index is 0.0197. The van der Waals surface area contributed by atoms with Gasteiger partial charge in [-0.15, -0.1) is 0 Å². The van der Waals surface area contributed by atoms with Crippen LogP contribution in [0, 0.1) is 0 Å². The zero-order chi connectivity index (χ0) is 14.4. The van der Waals surface area contributed by atoms with Crippen molar-refractivity contribution in [1.82, 2.24) is 15.4 Å². The number of carbonyl (C=O) groups is 2.